The summed E-state index contributed by atoms with van der Waals surface area (Å²) in [7, 11) is 2.02. The van der Waals surface area contributed by atoms with Crippen molar-refractivity contribution in [2.75, 3.05) is 6.54 Å². The first-order valence-electron chi connectivity index (χ1n) is 6.43. The van der Waals surface area contributed by atoms with E-state index in [4.69, 9.17) is 12.2 Å². The molecule has 2 heterocycles. The molecular formula is C14H19N3OS. The Labute approximate surface area is 119 Å². The molecule has 1 aliphatic rings. The number of carbonyl (C=O) groups excluding carboxylic acids is 1. The van der Waals surface area contributed by atoms with Gasteiger partial charge in [0.05, 0.1) is 0 Å². The molecule has 0 saturated carbocycles. The van der Waals surface area contributed by atoms with Gasteiger partial charge in [0.15, 0.2) is 5.11 Å². The molecule has 2 rings (SSSR count). The van der Waals surface area contributed by atoms with Crippen molar-refractivity contribution in [2.45, 2.75) is 27.2 Å². The Morgan fingerprint density at radius 1 is 1.42 bits per heavy atom. The Morgan fingerprint density at radius 2 is 2.11 bits per heavy atom. The molecule has 1 fully saturated rings. The van der Waals surface area contributed by atoms with E-state index >= 15 is 0 Å². The fourth-order valence-electron chi connectivity index (χ4n) is 2.18. The highest BCUT2D eigenvalue weighted by Crippen LogP contribution is 2.19. The zero-order valence-electron chi connectivity index (χ0n) is 11.8. The summed E-state index contributed by atoms with van der Waals surface area (Å²) in [5.74, 6) is -0.0345. The number of amides is 1. The third-order valence-electron chi connectivity index (χ3n) is 3.52. The van der Waals surface area contributed by atoms with Crippen molar-refractivity contribution >= 4 is 29.3 Å². The van der Waals surface area contributed by atoms with Crippen LogP contribution in [0.25, 0.3) is 6.08 Å². The Hall–Kier alpha value is -1.62. The molecule has 0 radical (unpaired) electrons. The van der Waals surface area contributed by atoms with E-state index in [1.807, 2.05) is 33.9 Å². The molecule has 1 saturated heterocycles. The maximum atomic E-state index is 12.2. The van der Waals surface area contributed by atoms with Crippen molar-refractivity contribution in [1.29, 1.82) is 0 Å². The van der Waals surface area contributed by atoms with Gasteiger partial charge in [-0.15, -0.1) is 0 Å². The normalized spacial score (nSPS) is 17.5. The maximum absolute atomic E-state index is 12.2. The van der Waals surface area contributed by atoms with E-state index in [1.54, 1.807) is 4.90 Å². The largest absolute Gasteiger partial charge is 0.352 e. The average Bonchev–Trinajstić information content (AvgIpc) is 2.76. The Bertz CT molecular complexity index is 571. The molecule has 19 heavy (non-hydrogen) atoms. The van der Waals surface area contributed by atoms with Crippen LogP contribution in [0.2, 0.25) is 0 Å². The average molecular weight is 277 g/mol. The molecule has 1 amide bonds. The number of thiocarbonyl (C=S) groups is 1. The second-order valence-electron chi connectivity index (χ2n) is 4.83. The lowest BCUT2D eigenvalue weighted by Gasteiger charge is -2.11. The Morgan fingerprint density at radius 3 is 2.63 bits per heavy atom. The molecule has 1 aliphatic heterocycles. The number of hydrogen-bond donors (Lipinski definition) is 1. The second kappa shape index (κ2) is 5.17. The maximum Gasteiger partial charge on any atom is 0.276 e. The predicted molar refractivity (Wildman–Crippen MR) is 80.6 cm³/mol. The van der Waals surface area contributed by atoms with Gasteiger partial charge in [-0.3, -0.25) is 9.69 Å². The number of carbonyl (C=O) groups is 1. The van der Waals surface area contributed by atoms with Crippen LogP contribution in [0, 0.1) is 13.8 Å². The summed E-state index contributed by atoms with van der Waals surface area (Å²) >= 11 is 5.19. The molecule has 1 aromatic heterocycles. The highest BCUT2D eigenvalue weighted by molar-refractivity contribution is 7.80. The van der Waals surface area contributed by atoms with E-state index in [0.717, 1.165) is 17.7 Å². The minimum Gasteiger partial charge on any atom is -0.352 e. The van der Waals surface area contributed by atoms with E-state index < -0.39 is 0 Å². The van der Waals surface area contributed by atoms with Crippen LogP contribution in [0.1, 0.15) is 30.3 Å². The van der Waals surface area contributed by atoms with Crippen LogP contribution in [-0.4, -0.2) is 27.0 Å². The van der Waals surface area contributed by atoms with Crippen LogP contribution in [0.5, 0.6) is 0 Å². The summed E-state index contributed by atoms with van der Waals surface area (Å²) in [6, 6.07) is 2.07. The number of nitrogens with zero attached hydrogens (tertiary/aromatic N) is 2. The molecular weight excluding hydrogens is 258 g/mol. The van der Waals surface area contributed by atoms with E-state index in [2.05, 4.69) is 16.0 Å². The lowest BCUT2D eigenvalue weighted by molar-refractivity contribution is -0.122. The van der Waals surface area contributed by atoms with Crippen LogP contribution in [0.3, 0.4) is 0 Å². The fraction of sp³-hybridized carbons (Fsp3) is 0.429. The minimum atomic E-state index is -0.0345. The smallest absolute Gasteiger partial charge is 0.276 e. The van der Waals surface area contributed by atoms with Gasteiger partial charge >= 0.3 is 0 Å². The van der Waals surface area contributed by atoms with Crippen LogP contribution in [-0.2, 0) is 11.8 Å². The number of aryl methyl sites for hydroxylation is 1. The fourth-order valence-corrected chi connectivity index (χ4v) is 2.47. The van der Waals surface area contributed by atoms with Gasteiger partial charge in [0.2, 0.25) is 0 Å². The number of aromatic nitrogens is 1. The van der Waals surface area contributed by atoms with Gasteiger partial charge in [-0.2, -0.15) is 0 Å². The summed E-state index contributed by atoms with van der Waals surface area (Å²) in [5, 5.41) is 3.51. The van der Waals surface area contributed by atoms with Crippen molar-refractivity contribution in [3.63, 3.8) is 0 Å². The molecule has 0 unspecified atom stereocenters. The first-order chi connectivity index (χ1) is 8.95. The molecule has 1 aromatic rings. The standard InChI is InChI=1S/C14H19N3OS/c1-5-6-17-13(18)12(15-14(17)19)8-11-7-9(2)16(4)10(11)3/h7-8H,5-6H2,1-4H3,(H,15,19)/b12-8+. The van der Waals surface area contributed by atoms with Crippen LogP contribution in [0.4, 0.5) is 0 Å². The minimum absolute atomic E-state index is 0.0345. The summed E-state index contributed by atoms with van der Waals surface area (Å²) in [4.78, 5) is 13.8. The van der Waals surface area contributed by atoms with Crippen molar-refractivity contribution in [1.82, 2.24) is 14.8 Å². The van der Waals surface area contributed by atoms with Crippen molar-refractivity contribution < 1.29 is 4.79 Å². The number of rotatable bonds is 3. The quantitative estimate of drug-likeness (QED) is 0.679. The van der Waals surface area contributed by atoms with Gasteiger partial charge in [0.1, 0.15) is 5.70 Å². The second-order valence-corrected chi connectivity index (χ2v) is 5.22. The molecule has 4 nitrogen and oxygen atoms in total. The third-order valence-corrected chi connectivity index (χ3v) is 3.85. The molecule has 5 heteroatoms. The first kappa shape index (κ1) is 13.8. The Balaban J connectivity index is 2.32. The SMILES string of the molecule is CCCN1C(=O)/C(=C\c2cc(C)n(C)c2C)NC1=S. The number of nitrogens with one attached hydrogen (secondary N) is 1. The molecule has 0 aromatic carbocycles. The molecule has 0 spiro atoms. The summed E-state index contributed by atoms with van der Waals surface area (Å²) < 4.78 is 2.11. The zero-order chi connectivity index (χ0) is 14.2. The number of hydrogen-bond acceptors (Lipinski definition) is 2. The van der Waals surface area contributed by atoms with Crippen LogP contribution in [0.15, 0.2) is 11.8 Å². The lowest BCUT2D eigenvalue weighted by atomic mass is 10.2. The molecule has 0 aliphatic carbocycles. The predicted octanol–water partition coefficient (Wildman–Crippen LogP) is 2.11. The van der Waals surface area contributed by atoms with E-state index in [1.165, 1.54) is 5.69 Å². The molecule has 0 bridgehead atoms. The van der Waals surface area contributed by atoms with Gasteiger partial charge in [-0.05, 0) is 50.2 Å². The van der Waals surface area contributed by atoms with Gasteiger partial charge in [-0.25, -0.2) is 0 Å². The summed E-state index contributed by atoms with van der Waals surface area (Å²) in [5.41, 5.74) is 3.92. The van der Waals surface area contributed by atoms with E-state index in [-0.39, 0.29) is 5.91 Å². The van der Waals surface area contributed by atoms with Crippen molar-refractivity contribution in [2.24, 2.45) is 7.05 Å². The van der Waals surface area contributed by atoms with E-state index in [0.29, 0.717) is 17.4 Å². The zero-order valence-corrected chi connectivity index (χ0v) is 12.6. The van der Waals surface area contributed by atoms with Crippen molar-refractivity contribution in [3.05, 3.63) is 28.7 Å². The molecule has 102 valence electrons. The highest BCUT2D eigenvalue weighted by atomic mass is 32.1. The van der Waals surface area contributed by atoms with E-state index in [9.17, 15) is 4.79 Å². The lowest BCUT2D eigenvalue weighted by Crippen LogP contribution is -2.31. The summed E-state index contributed by atoms with van der Waals surface area (Å²) in [6.45, 7) is 6.78. The first-order valence-corrected chi connectivity index (χ1v) is 6.84. The molecule has 0 atom stereocenters. The monoisotopic (exact) mass is 277 g/mol. The topological polar surface area (TPSA) is 37.3 Å². The summed E-state index contributed by atoms with van der Waals surface area (Å²) in [6.07, 6.45) is 2.77. The van der Waals surface area contributed by atoms with Gasteiger partial charge in [-0.1, -0.05) is 6.92 Å². The Kier molecular flexibility index (Phi) is 3.75. The van der Waals surface area contributed by atoms with Crippen LogP contribution < -0.4 is 5.32 Å². The van der Waals surface area contributed by atoms with Crippen LogP contribution >= 0.6 is 12.2 Å². The third kappa shape index (κ3) is 2.42. The van der Waals surface area contributed by atoms with Gasteiger partial charge in [0, 0.05) is 25.0 Å². The van der Waals surface area contributed by atoms with Gasteiger partial charge in [0.25, 0.3) is 5.91 Å². The van der Waals surface area contributed by atoms with Crippen molar-refractivity contribution in [3.8, 4) is 0 Å². The van der Waals surface area contributed by atoms with Gasteiger partial charge < -0.3 is 9.88 Å². The molecule has 1 N–H and O–H groups in total. The highest BCUT2D eigenvalue weighted by Gasteiger charge is 2.29.